The van der Waals surface area contributed by atoms with Crippen molar-refractivity contribution in [1.82, 2.24) is 15.2 Å². The van der Waals surface area contributed by atoms with Crippen LogP contribution < -0.4 is 16.4 Å². The van der Waals surface area contributed by atoms with Crippen LogP contribution in [0.1, 0.15) is 33.9 Å². The van der Waals surface area contributed by atoms with Crippen LogP contribution in [0.3, 0.4) is 0 Å². The van der Waals surface area contributed by atoms with Gasteiger partial charge >= 0.3 is 6.03 Å². The van der Waals surface area contributed by atoms with Gasteiger partial charge in [0.1, 0.15) is 10.7 Å². The molecule has 3 amide bonds. The maximum atomic E-state index is 12.6. The molecule has 1 fully saturated rings. The van der Waals surface area contributed by atoms with Crippen LogP contribution in [0.5, 0.6) is 0 Å². The minimum absolute atomic E-state index is 0.0558. The van der Waals surface area contributed by atoms with Gasteiger partial charge in [0, 0.05) is 37.2 Å². The zero-order valence-electron chi connectivity index (χ0n) is 15.4. The molecule has 0 aliphatic carbocycles. The van der Waals surface area contributed by atoms with Crippen LogP contribution in [0.4, 0.5) is 10.5 Å². The smallest absolute Gasteiger partial charge is 0.319 e. The van der Waals surface area contributed by atoms with Crippen LogP contribution >= 0.6 is 11.3 Å². The minimum Gasteiger partial charge on any atom is -0.338 e. The molecule has 1 aliphatic rings. The summed E-state index contributed by atoms with van der Waals surface area (Å²) >= 11 is 1.41. The Morgan fingerprint density at radius 2 is 2.11 bits per heavy atom. The molecule has 2 heterocycles. The number of thiazole rings is 1. The molecule has 1 aromatic carbocycles. The molecule has 1 unspecified atom stereocenters. The Labute approximate surface area is 163 Å². The van der Waals surface area contributed by atoms with E-state index in [2.05, 4.69) is 15.6 Å². The molecule has 8 heteroatoms. The fourth-order valence-electron chi connectivity index (χ4n) is 3.13. The van der Waals surface area contributed by atoms with Gasteiger partial charge in [-0.15, -0.1) is 11.3 Å². The molecular weight excluding hydrogens is 362 g/mol. The number of likely N-dealkylation sites (tertiary alicyclic amines) is 1. The zero-order valence-corrected chi connectivity index (χ0v) is 16.2. The average molecular weight is 388 g/mol. The number of carbonyl (C=O) groups excluding carboxylic acids is 2. The monoisotopic (exact) mass is 387 g/mol. The summed E-state index contributed by atoms with van der Waals surface area (Å²) in [7, 11) is 0. The Kier molecular flexibility index (Phi) is 6.41. The predicted molar refractivity (Wildman–Crippen MR) is 107 cm³/mol. The van der Waals surface area contributed by atoms with E-state index in [1.807, 2.05) is 36.1 Å². The third-order valence-corrected chi connectivity index (χ3v) is 5.48. The van der Waals surface area contributed by atoms with Crippen molar-refractivity contribution in [3.63, 3.8) is 0 Å². The number of nitrogens with zero attached hydrogens (tertiary/aromatic N) is 2. The maximum Gasteiger partial charge on any atom is 0.319 e. The summed E-state index contributed by atoms with van der Waals surface area (Å²) < 4.78 is 0. The van der Waals surface area contributed by atoms with Gasteiger partial charge in [-0.2, -0.15) is 0 Å². The fraction of sp³-hybridized carbons (Fsp3) is 0.421. The van der Waals surface area contributed by atoms with Crippen LogP contribution in [0.15, 0.2) is 29.6 Å². The highest BCUT2D eigenvalue weighted by Crippen LogP contribution is 2.19. The number of aromatic nitrogens is 1. The van der Waals surface area contributed by atoms with Gasteiger partial charge in [0.2, 0.25) is 0 Å². The summed E-state index contributed by atoms with van der Waals surface area (Å²) in [5.74, 6) is 0.179. The van der Waals surface area contributed by atoms with E-state index >= 15 is 0 Å². The average Bonchev–Trinajstić information content (AvgIpc) is 3.17. The first-order valence-corrected chi connectivity index (χ1v) is 9.98. The Balaban J connectivity index is 1.48. The van der Waals surface area contributed by atoms with Crippen molar-refractivity contribution in [2.75, 3.05) is 25.0 Å². The molecule has 0 bridgehead atoms. The van der Waals surface area contributed by atoms with E-state index in [0.29, 0.717) is 25.3 Å². The summed E-state index contributed by atoms with van der Waals surface area (Å²) in [6, 6.07) is 7.43. The molecule has 1 atom stereocenters. The standard InChI is InChI=1S/C19H25N5O2S/c1-13-4-6-15(7-5-13)22-19(26)21-10-14-3-2-8-24(11-14)18(25)16-12-27-17(9-20)23-16/h4-7,12,14H,2-3,8-11,20H2,1H3,(H2,21,22,26). The van der Waals surface area contributed by atoms with E-state index in [9.17, 15) is 9.59 Å². The third kappa shape index (κ3) is 5.27. The lowest BCUT2D eigenvalue weighted by Crippen LogP contribution is -2.44. The summed E-state index contributed by atoms with van der Waals surface area (Å²) in [6.07, 6.45) is 1.91. The molecule has 0 spiro atoms. The molecule has 3 rings (SSSR count). The van der Waals surface area contributed by atoms with Gasteiger partial charge in [0.15, 0.2) is 0 Å². The molecule has 1 aliphatic heterocycles. The van der Waals surface area contributed by atoms with Crippen LogP contribution in [-0.2, 0) is 6.54 Å². The Hall–Kier alpha value is -2.45. The van der Waals surface area contributed by atoms with Crippen molar-refractivity contribution in [3.05, 3.63) is 45.9 Å². The van der Waals surface area contributed by atoms with Crippen LogP contribution in [0, 0.1) is 12.8 Å². The van der Waals surface area contributed by atoms with Crippen molar-refractivity contribution in [1.29, 1.82) is 0 Å². The lowest BCUT2D eigenvalue weighted by Gasteiger charge is -2.32. The summed E-state index contributed by atoms with van der Waals surface area (Å²) in [4.78, 5) is 30.8. The third-order valence-electron chi connectivity index (χ3n) is 4.61. The molecule has 27 heavy (non-hydrogen) atoms. The quantitative estimate of drug-likeness (QED) is 0.734. The SMILES string of the molecule is Cc1ccc(NC(=O)NCC2CCCN(C(=O)c3csc(CN)n3)C2)cc1. The van der Waals surface area contributed by atoms with Gasteiger partial charge in [0.25, 0.3) is 5.91 Å². The van der Waals surface area contributed by atoms with Crippen molar-refractivity contribution in [2.45, 2.75) is 26.3 Å². The lowest BCUT2D eigenvalue weighted by atomic mass is 9.98. The second kappa shape index (κ2) is 8.96. The number of piperidine rings is 1. The van der Waals surface area contributed by atoms with E-state index in [1.165, 1.54) is 11.3 Å². The highest BCUT2D eigenvalue weighted by atomic mass is 32.1. The zero-order chi connectivity index (χ0) is 19.2. The first-order valence-electron chi connectivity index (χ1n) is 9.10. The molecule has 0 saturated carbocycles. The Morgan fingerprint density at radius 3 is 2.81 bits per heavy atom. The lowest BCUT2D eigenvalue weighted by molar-refractivity contribution is 0.0670. The second-order valence-electron chi connectivity index (χ2n) is 6.79. The Bertz CT molecular complexity index is 790. The number of hydrogen-bond donors (Lipinski definition) is 3. The molecule has 7 nitrogen and oxygen atoms in total. The Morgan fingerprint density at radius 1 is 1.33 bits per heavy atom. The highest BCUT2D eigenvalue weighted by molar-refractivity contribution is 7.09. The van der Waals surface area contributed by atoms with Crippen LogP contribution in [0.2, 0.25) is 0 Å². The van der Waals surface area contributed by atoms with Gasteiger partial charge in [-0.25, -0.2) is 9.78 Å². The van der Waals surface area contributed by atoms with Gasteiger partial charge in [-0.1, -0.05) is 17.7 Å². The number of anilines is 1. The van der Waals surface area contributed by atoms with E-state index in [0.717, 1.165) is 35.6 Å². The van der Waals surface area contributed by atoms with Gasteiger partial charge in [-0.3, -0.25) is 4.79 Å². The van der Waals surface area contributed by atoms with Crippen LogP contribution in [-0.4, -0.2) is 41.5 Å². The summed E-state index contributed by atoms with van der Waals surface area (Å²) in [5, 5.41) is 8.27. The number of benzene rings is 1. The molecule has 2 aromatic rings. The van der Waals surface area contributed by atoms with Gasteiger partial charge < -0.3 is 21.3 Å². The number of amides is 3. The molecule has 144 valence electrons. The minimum atomic E-state index is -0.227. The van der Waals surface area contributed by atoms with E-state index in [4.69, 9.17) is 5.73 Å². The van der Waals surface area contributed by atoms with Gasteiger partial charge in [0.05, 0.1) is 0 Å². The number of aryl methyl sites for hydroxylation is 1. The molecule has 0 radical (unpaired) electrons. The second-order valence-corrected chi connectivity index (χ2v) is 7.73. The number of nitrogens with one attached hydrogen (secondary N) is 2. The largest absolute Gasteiger partial charge is 0.338 e. The summed E-state index contributed by atoms with van der Waals surface area (Å²) in [5.41, 5.74) is 7.94. The number of rotatable bonds is 5. The normalized spacial score (nSPS) is 16.8. The molecule has 1 aromatic heterocycles. The molecule has 1 saturated heterocycles. The fourth-order valence-corrected chi connectivity index (χ4v) is 3.78. The number of hydrogen-bond acceptors (Lipinski definition) is 5. The van der Waals surface area contributed by atoms with Gasteiger partial charge in [-0.05, 0) is 37.8 Å². The van der Waals surface area contributed by atoms with Crippen molar-refractivity contribution in [2.24, 2.45) is 11.7 Å². The van der Waals surface area contributed by atoms with Crippen molar-refractivity contribution in [3.8, 4) is 0 Å². The number of urea groups is 1. The summed E-state index contributed by atoms with van der Waals surface area (Å²) in [6.45, 7) is 4.23. The van der Waals surface area contributed by atoms with Crippen molar-refractivity contribution < 1.29 is 9.59 Å². The highest BCUT2D eigenvalue weighted by Gasteiger charge is 2.26. The van der Waals surface area contributed by atoms with E-state index in [1.54, 1.807) is 5.38 Å². The van der Waals surface area contributed by atoms with E-state index < -0.39 is 0 Å². The van der Waals surface area contributed by atoms with E-state index in [-0.39, 0.29) is 17.9 Å². The first kappa shape index (κ1) is 19.3. The molecule has 4 N–H and O–H groups in total. The number of nitrogens with two attached hydrogens (primary N) is 1. The first-order chi connectivity index (χ1) is 13.0. The van der Waals surface area contributed by atoms with Crippen molar-refractivity contribution >= 4 is 29.0 Å². The molecular formula is C19H25N5O2S. The topological polar surface area (TPSA) is 100 Å². The maximum absolute atomic E-state index is 12.6. The van der Waals surface area contributed by atoms with Crippen LogP contribution in [0.25, 0.3) is 0 Å². The number of carbonyl (C=O) groups is 2. The predicted octanol–water partition coefficient (Wildman–Crippen LogP) is 2.58.